The molecule has 0 fully saturated rings. The van der Waals surface area contributed by atoms with Crippen molar-refractivity contribution in [3.8, 4) is 17.8 Å². The summed E-state index contributed by atoms with van der Waals surface area (Å²) in [5.41, 5.74) is 8.60. The van der Waals surface area contributed by atoms with E-state index in [0.717, 1.165) is 15.0 Å². The van der Waals surface area contributed by atoms with Crippen LogP contribution in [0.1, 0.15) is 36.7 Å². The smallest absolute Gasteiger partial charge is 0.322 e. The zero-order valence-electron chi connectivity index (χ0n) is 12.0. The fourth-order valence-electron chi connectivity index (χ4n) is 1.78. The summed E-state index contributed by atoms with van der Waals surface area (Å²) in [5.74, 6) is 0.765. The standard InChI is InChI=1S/C15H15IN4O/c1-8(2)13-4-9(3)19-15(20-13)21-14-11(16)5-10(7-17)6-12(14)18/h4-6,8H,18H2,1-3H3. The van der Waals surface area contributed by atoms with E-state index in [1.54, 1.807) is 12.1 Å². The van der Waals surface area contributed by atoms with Crippen LogP contribution in [0.4, 0.5) is 5.69 Å². The maximum absolute atomic E-state index is 8.93. The van der Waals surface area contributed by atoms with E-state index in [0.29, 0.717) is 17.0 Å². The van der Waals surface area contributed by atoms with Crippen molar-refractivity contribution in [1.29, 1.82) is 5.26 Å². The number of ether oxygens (including phenoxy) is 1. The third-order valence-corrected chi connectivity index (χ3v) is 3.64. The van der Waals surface area contributed by atoms with Crippen molar-refractivity contribution in [3.63, 3.8) is 0 Å². The van der Waals surface area contributed by atoms with E-state index in [-0.39, 0.29) is 11.9 Å². The number of benzene rings is 1. The molecule has 1 aromatic carbocycles. The van der Waals surface area contributed by atoms with Crippen LogP contribution in [0.2, 0.25) is 0 Å². The maximum atomic E-state index is 8.93. The Balaban J connectivity index is 2.41. The first-order valence-electron chi connectivity index (χ1n) is 6.43. The highest BCUT2D eigenvalue weighted by Crippen LogP contribution is 2.32. The quantitative estimate of drug-likeness (QED) is 0.633. The summed E-state index contributed by atoms with van der Waals surface area (Å²) in [6.45, 7) is 6.02. The van der Waals surface area contributed by atoms with E-state index in [4.69, 9.17) is 15.7 Å². The van der Waals surface area contributed by atoms with Crippen molar-refractivity contribution in [3.05, 3.63) is 38.7 Å². The van der Waals surface area contributed by atoms with Gasteiger partial charge >= 0.3 is 6.01 Å². The minimum Gasteiger partial charge on any atom is -0.421 e. The zero-order chi connectivity index (χ0) is 15.6. The van der Waals surface area contributed by atoms with E-state index in [1.807, 2.05) is 13.0 Å². The number of hydrogen-bond donors (Lipinski definition) is 1. The summed E-state index contributed by atoms with van der Waals surface area (Å²) in [6.07, 6.45) is 0. The Morgan fingerprint density at radius 3 is 2.57 bits per heavy atom. The number of nitrogens with two attached hydrogens (primary N) is 1. The number of nitrogens with zero attached hydrogens (tertiary/aromatic N) is 3. The Kier molecular flexibility index (Phi) is 4.63. The van der Waals surface area contributed by atoms with Gasteiger partial charge in [0.15, 0.2) is 5.75 Å². The van der Waals surface area contributed by atoms with E-state index in [9.17, 15) is 0 Å². The third kappa shape index (κ3) is 3.61. The van der Waals surface area contributed by atoms with Crippen LogP contribution >= 0.6 is 22.6 Å². The van der Waals surface area contributed by atoms with Crippen LogP contribution in [-0.2, 0) is 0 Å². The first-order chi connectivity index (χ1) is 9.90. The van der Waals surface area contributed by atoms with E-state index >= 15 is 0 Å². The van der Waals surface area contributed by atoms with Crippen molar-refractivity contribution in [2.45, 2.75) is 26.7 Å². The molecule has 2 N–H and O–H groups in total. The summed E-state index contributed by atoms with van der Waals surface area (Å²) >= 11 is 2.08. The third-order valence-electron chi connectivity index (χ3n) is 2.84. The molecule has 0 amide bonds. The molecule has 5 nitrogen and oxygen atoms in total. The number of aromatic nitrogens is 2. The molecule has 0 spiro atoms. The van der Waals surface area contributed by atoms with Gasteiger partial charge in [-0.1, -0.05) is 13.8 Å². The summed E-state index contributed by atoms with van der Waals surface area (Å²) in [5, 5.41) is 8.93. The largest absolute Gasteiger partial charge is 0.421 e. The highest BCUT2D eigenvalue weighted by Gasteiger charge is 2.13. The molecule has 0 bridgehead atoms. The normalized spacial score (nSPS) is 10.5. The molecule has 0 atom stereocenters. The van der Waals surface area contributed by atoms with Crippen molar-refractivity contribution in [2.24, 2.45) is 0 Å². The number of halogens is 1. The summed E-state index contributed by atoms with van der Waals surface area (Å²) in [6, 6.07) is 7.56. The molecule has 0 aliphatic heterocycles. The lowest BCUT2D eigenvalue weighted by molar-refractivity contribution is 0.436. The first-order valence-corrected chi connectivity index (χ1v) is 7.51. The number of rotatable bonds is 3. The molecule has 21 heavy (non-hydrogen) atoms. The second kappa shape index (κ2) is 6.26. The van der Waals surface area contributed by atoms with Crippen LogP contribution in [0.3, 0.4) is 0 Å². The van der Waals surface area contributed by atoms with Gasteiger partial charge in [0.2, 0.25) is 0 Å². The molecule has 2 rings (SSSR count). The van der Waals surface area contributed by atoms with Gasteiger partial charge in [-0.15, -0.1) is 0 Å². The zero-order valence-corrected chi connectivity index (χ0v) is 14.2. The molecule has 2 aromatic rings. The number of nitrogen functional groups attached to an aromatic ring is 1. The second-order valence-electron chi connectivity index (χ2n) is 4.96. The molecule has 0 radical (unpaired) electrons. The highest BCUT2D eigenvalue weighted by molar-refractivity contribution is 14.1. The van der Waals surface area contributed by atoms with Gasteiger partial charge in [-0.2, -0.15) is 10.2 Å². The van der Waals surface area contributed by atoms with Crippen molar-refractivity contribution in [2.75, 3.05) is 5.73 Å². The van der Waals surface area contributed by atoms with Crippen LogP contribution in [-0.4, -0.2) is 9.97 Å². The molecular formula is C15H15IN4O. The Labute approximate surface area is 137 Å². The molecule has 0 saturated carbocycles. The Bertz CT molecular complexity index is 699. The SMILES string of the molecule is Cc1cc(C(C)C)nc(Oc2c(N)cc(C#N)cc2I)n1. The highest BCUT2D eigenvalue weighted by atomic mass is 127. The lowest BCUT2D eigenvalue weighted by Gasteiger charge is -2.12. The maximum Gasteiger partial charge on any atom is 0.322 e. The molecule has 1 heterocycles. The minimum atomic E-state index is 0.271. The number of hydrogen-bond acceptors (Lipinski definition) is 5. The van der Waals surface area contributed by atoms with E-state index in [1.165, 1.54) is 0 Å². The van der Waals surface area contributed by atoms with Gasteiger partial charge in [-0.05, 0) is 53.6 Å². The summed E-state index contributed by atoms with van der Waals surface area (Å²) < 4.78 is 6.50. The molecule has 1 aromatic heterocycles. The molecule has 0 aliphatic rings. The molecule has 0 unspecified atom stereocenters. The summed E-state index contributed by atoms with van der Waals surface area (Å²) in [4.78, 5) is 8.68. The first kappa shape index (κ1) is 15.5. The van der Waals surface area contributed by atoms with Gasteiger partial charge in [0.05, 0.1) is 26.6 Å². The van der Waals surface area contributed by atoms with Gasteiger partial charge in [-0.3, -0.25) is 0 Å². The molecule has 108 valence electrons. The molecule has 0 aliphatic carbocycles. The molecular weight excluding hydrogens is 379 g/mol. The fourth-order valence-corrected chi connectivity index (χ4v) is 2.54. The average molecular weight is 394 g/mol. The van der Waals surface area contributed by atoms with Crippen LogP contribution in [0.15, 0.2) is 18.2 Å². The molecule has 6 heteroatoms. The van der Waals surface area contributed by atoms with Gasteiger partial charge in [0.1, 0.15) is 0 Å². The summed E-state index contributed by atoms with van der Waals surface area (Å²) in [7, 11) is 0. The topological polar surface area (TPSA) is 84.8 Å². The van der Waals surface area contributed by atoms with Crippen LogP contribution in [0, 0.1) is 21.8 Å². The van der Waals surface area contributed by atoms with Gasteiger partial charge in [0, 0.05) is 5.69 Å². The Hall–Kier alpha value is -1.88. The average Bonchev–Trinajstić information content (AvgIpc) is 2.42. The minimum absolute atomic E-state index is 0.271. The van der Waals surface area contributed by atoms with Gasteiger partial charge in [-0.25, -0.2) is 4.98 Å². The van der Waals surface area contributed by atoms with Gasteiger partial charge in [0.25, 0.3) is 0 Å². The fraction of sp³-hybridized carbons (Fsp3) is 0.267. The van der Waals surface area contributed by atoms with Crippen LogP contribution < -0.4 is 10.5 Å². The van der Waals surface area contributed by atoms with Crippen molar-refractivity contribution < 1.29 is 4.74 Å². The van der Waals surface area contributed by atoms with Crippen molar-refractivity contribution >= 4 is 28.3 Å². The predicted molar refractivity (Wildman–Crippen MR) is 89.2 cm³/mol. The monoisotopic (exact) mass is 394 g/mol. The van der Waals surface area contributed by atoms with Crippen LogP contribution in [0.5, 0.6) is 11.8 Å². The van der Waals surface area contributed by atoms with E-state index in [2.05, 4.69) is 52.5 Å². The predicted octanol–water partition coefficient (Wildman–Crippen LogP) is 3.76. The lowest BCUT2D eigenvalue weighted by atomic mass is 10.1. The molecule has 0 saturated heterocycles. The Morgan fingerprint density at radius 1 is 1.29 bits per heavy atom. The lowest BCUT2D eigenvalue weighted by Crippen LogP contribution is -2.02. The van der Waals surface area contributed by atoms with Crippen molar-refractivity contribution in [1.82, 2.24) is 9.97 Å². The van der Waals surface area contributed by atoms with Crippen LogP contribution in [0.25, 0.3) is 0 Å². The Morgan fingerprint density at radius 2 is 2.00 bits per heavy atom. The number of nitriles is 1. The second-order valence-corrected chi connectivity index (χ2v) is 6.12. The number of anilines is 1. The van der Waals surface area contributed by atoms with Gasteiger partial charge < -0.3 is 10.5 Å². The number of aryl methyl sites for hydroxylation is 1. The van der Waals surface area contributed by atoms with E-state index < -0.39 is 0 Å².